The van der Waals surface area contributed by atoms with Gasteiger partial charge in [0.25, 0.3) is 10.0 Å². The van der Waals surface area contributed by atoms with Crippen LogP contribution in [0.4, 0.5) is 11.6 Å². The zero-order chi connectivity index (χ0) is 22.6. The Morgan fingerprint density at radius 2 is 1.72 bits per heavy atom. The number of rotatable bonds is 7. The van der Waals surface area contributed by atoms with Crippen molar-refractivity contribution in [1.29, 1.82) is 0 Å². The zero-order valence-electron chi connectivity index (χ0n) is 16.4. The van der Waals surface area contributed by atoms with Gasteiger partial charge in [0, 0.05) is 29.0 Å². The summed E-state index contributed by atoms with van der Waals surface area (Å²) in [5, 5.41) is 5.89. The Morgan fingerprint density at radius 3 is 2.44 bits per heavy atom. The number of anilines is 2. The number of hydrogen-bond donors (Lipinski definition) is 2. The Morgan fingerprint density at radius 1 is 1.00 bits per heavy atom. The fourth-order valence-corrected chi connectivity index (χ4v) is 4.86. The summed E-state index contributed by atoms with van der Waals surface area (Å²) in [6.45, 7) is 0. The van der Waals surface area contributed by atoms with Gasteiger partial charge in [-0.2, -0.15) is 0 Å². The Labute approximate surface area is 193 Å². The first kappa shape index (κ1) is 21.9. The lowest BCUT2D eigenvalue weighted by molar-refractivity contribution is -0.115. The van der Waals surface area contributed by atoms with Gasteiger partial charge in [-0.05, 0) is 36.4 Å². The van der Waals surface area contributed by atoms with E-state index in [0.717, 1.165) is 10.6 Å². The van der Waals surface area contributed by atoms with Crippen LogP contribution >= 0.6 is 22.9 Å². The maximum Gasteiger partial charge on any atom is 0.264 e. The van der Waals surface area contributed by atoms with Crippen molar-refractivity contribution in [3.8, 4) is 10.6 Å². The second kappa shape index (κ2) is 9.43. The number of carbonyl (C=O) groups excluding carboxylic acids is 1. The zero-order valence-corrected chi connectivity index (χ0v) is 18.8. The lowest BCUT2D eigenvalue weighted by Gasteiger charge is -2.08. The van der Waals surface area contributed by atoms with Gasteiger partial charge in [0.15, 0.2) is 0 Å². The highest BCUT2D eigenvalue weighted by Crippen LogP contribution is 2.30. The summed E-state index contributed by atoms with van der Waals surface area (Å²) in [5.41, 5.74) is 1.90. The largest absolute Gasteiger partial charge is 0.326 e. The van der Waals surface area contributed by atoms with Crippen molar-refractivity contribution in [3.05, 3.63) is 83.1 Å². The molecular formula is C21H16ClN5O3S2. The number of sulfonamides is 1. The highest BCUT2D eigenvalue weighted by atomic mass is 35.5. The molecular weight excluding hydrogens is 470 g/mol. The van der Waals surface area contributed by atoms with Gasteiger partial charge in [-0.3, -0.25) is 4.79 Å². The van der Waals surface area contributed by atoms with Crippen molar-refractivity contribution in [2.75, 3.05) is 10.0 Å². The lowest BCUT2D eigenvalue weighted by Crippen LogP contribution is -2.16. The van der Waals surface area contributed by atoms with Crippen molar-refractivity contribution in [3.63, 3.8) is 0 Å². The van der Waals surface area contributed by atoms with E-state index in [1.54, 1.807) is 12.1 Å². The van der Waals surface area contributed by atoms with Crippen molar-refractivity contribution in [2.24, 2.45) is 0 Å². The molecule has 0 spiro atoms. The first-order chi connectivity index (χ1) is 15.4. The molecule has 162 valence electrons. The minimum atomic E-state index is -3.84. The molecule has 0 saturated heterocycles. The third-order valence-electron chi connectivity index (χ3n) is 4.24. The molecule has 2 aromatic carbocycles. The van der Waals surface area contributed by atoms with E-state index in [9.17, 15) is 13.2 Å². The molecule has 0 fully saturated rings. The maximum absolute atomic E-state index is 12.4. The van der Waals surface area contributed by atoms with Gasteiger partial charge in [0.2, 0.25) is 11.9 Å². The van der Waals surface area contributed by atoms with Crippen LogP contribution in [0.15, 0.2) is 77.3 Å². The van der Waals surface area contributed by atoms with Gasteiger partial charge in [-0.1, -0.05) is 29.8 Å². The van der Waals surface area contributed by atoms with Gasteiger partial charge in [-0.15, -0.1) is 11.3 Å². The van der Waals surface area contributed by atoms with E-state index in [-0.39, 0.29) is 23.2 Å². The molecule has 0 atom stereocenters. The van der Waals surface area contributed by atoms with Gasteiger partial charge in [0.1, 0.15) is 5.01 Å². The summed E-state index contributed by atoms with van der Waals surface area (Å²) in [6.07, 6.45) is 2.94. The van der Waals surface area contributed by atoms with Crippen LogP contribution in [0.3, 0.4) is 0 Å². The van der Waals surface area contributed by atoms with Crippen LogP contribution in [0.2, 0.25) is 5.02 Å². The summed E-state index contributed by atoms with van der Waals surface area (Å²) in [5.74, 6) is -0.295. The fourth-order valence-electron chi connectivity index (χ4n) is 2.76. The average molecular weight is 486 g/mol. The van der Waals surface area contributed by atoms with Crippen LogP contribution in [0.25, 0.3) is 10.6 Å². The highest BCUT2D eigenvalue weighted by Gasteiger charge is 2.16. The lowest BCUT2D eigenvalue weighted by atomic mass is 10.2. The maximum atomic E-state index is 12.4. The predicted molar refractivity (Wildman–Crippen MR) is 124 cm³/mol. The molecule has 0 radical (unpaired) electrons. The summed E-state index contributed by atoms with van der Waals surface area (Å²) in [4.78, 5) is 24.6. The summed E-state index contributed by atoms with van der Waals surface area (Å²) >= 11 is 7.62. The van der Waals surface area contributed by atoms with E-state index in [1.807, 2.05) is 23.6 Å². The molecule has 11 heteroatoms. The van der Waals surface area contributed by atoms with Gasteiger partial charge >= 0.3 is 0 Å². The van der Waals surface area contributed by atoms with E-state index < -0.39 is 10.0 Å². The van der Waals surface area contributed by atoms with E-state index in [2.05, 4.69) is 25.0 Å². The number of benzene rings is 2. The molecule has 8 nitrogen and oxygen atoms in total. The van der Waals surface area contributed by atoms with Crippen LogP contribution in [0.5, 0.6) is 0 Å². The Kier molecular flexibility index (Phi) is 6.45. The van der Waals surface area contributed by atoms with Crippen LogP contribution < -0.4 is 10.0 Å². The average Bonchev–Trinajstić information content (AvgIpc) is 3.23. The monoisotopic (exact) mass is 485 g/mol. The second-order valence-electron chi connectivity index (χ2n) is 6.55. The SMILES string of the molecule is O=C(Cc1csc(-c2ccccc2Cl)n1)Nc1ccc(S(=O)(=O)Nc2ncccn2)cc1. The Hall–Kier alpha value is -3.34. The molecule has 0 unspecified atom stereocenters. The molecule has 32 heavy (non-hydrogen) atoms. The van der Waals surface area contributed by atoms with Crippen LogP contribution in [-0.2, 0) is 21.2 Å². The number of carbonyl (C=O) groups is 1. The van der Waals surface area contributed by atoms with Gasteiger partial charge in [-0.25, -0.2) is 28.1 Å². The van der Waals surface area contributed by atoms with Crippen molar-refractivity contribution >= 4 is 50.5 Å². The number of nitrogens with zero attached hydrogens (tertiary/aromatic N) is 3. The minimum Gasteiger partial charge on any atom is -0.326 e. The number of halogens is 1. The molecule has 0 saturated carbocycles. The van der Waals surface area contributed by atoms with Crippen molar-refractivity contribution in [1.82, 2.24) is 15.0 Å². The van der Waals surface area contributed by atoms with Gasteiger partial charge in [0.05, 0.1) is 22.0 Å². The van der Waals surface area contributed by atoms with Crippen LogP contribution in [-0.4, -0.2) is 29.3 Å². The summed E-state index contributed by atoms with van der Waals surface area (Å²) in [6, 6.07) is 14.8. The molecule has 0 aliphatic carbocycles. The number of aromatic nitrogens is 3. The molecule has 4 rings (SSSR count). The number of amides is 1. The molecule has 4 aromatic rings. The number of hydrogen-bond acceptors (Lipinski definition) is 7. The second-order valence-corrected chi connectivity index (χ2v) is 9.50. The fraction of sp³-hybridized carbons (Fsp3) is 0.0476. The number of nitrogens with one attached hydrogen (secondary N) is 2. The molecule has 0 aliphatic rings. The van der Waals surface area contributed by atoms with E-state index >= 15 is 0 Å². The van der Waals surface area contributed by atoms with E-state index in [4.69, 9.17) is 11.6 Å². The van der Waals surface area contributed by atoms with E-state index in [0.29, 0.717) is 16.4 Å². The molecule has 2 heterocycles. The van der Waals surface area contributed by atoms with Gasteiger partial charge < -0.3 is 5.32 Å². The standard InChI is InChI=1S/C21H16ClN5O3S2/c22-18-5-2-1-4-17(18)20-26-15(13-31-20)12-19(28)25-14-6-8-16(9-7-14)32(29,30)27-21-23-10-3-11-24-21/h1-11,13H,12H2,(H,25,28)(H,23,24,27). The number of thiazole rings is 1. The van der Waals surface area contributed by atoms with Crippen molar-refractivity contribution in [2.45, 2.75) is 11.3 Å². The molecule has 1 amide bonds. The topological polar surface area (TPSA) is 114 Å². The van der Waals surface area contributed by atoms with Crippen LogP contribution in [0, 0.1) is 0 Å². The van der Waals surface area contributed by atoms with Crippen LogP contribution in [0.1, 0.15) is 5.69 Å². The molecule has 0 bridgehead atoms. The summed E-state index contributed by atoms with van der Waals surface area (Å²) < 4.78 is 27.1. The molecule has 0 aliphatic heterocycles. The highest BCUT2D eigenvalue weighted by molar-refractivity contribution is 7.92. The predicted octanol–water partition coefficient (Wildman–Crippen LogP) is 4.24. The normalized spacial score (nSPS) is 11.2. The van der Waals surface area contributed by atoms with Crippen molar-refractivity contribution < 1.29 is 13.2 Å². The first-order valence-corrected chi connectivity index (χ1v) is 12.0. The third-order valence-corrected chi connectivity index (χ3v) is 6.84. The third kappa shape index (κ3) is 5.28. The first-order valence-electron chi connectivity index (χ1n) is 9.30. The Bertz CT molecular complexity index is 1340. The quantitative estimate of drug-likeness (QED) is 0.404. The molecule has 2 N–H and O–H groups in total. The summed E-state index contributed by atoms with van der Waals surface area (Å²) in [7, 11) is -3.84. The van der Waals surface area contributed by atoms with E-state index in [1.165, 1.54) is 48.0 Å². The smallest absolute Gasteiger partial charge is 0.264 e. The minimum absolute atomic E-state index is 0.0202. The Balaban J connectivity index is 1.39. The molecule has 2 aromatic heterocycles.